The Morgan fingerprint density at radius 1 is 0.849 bits per heavy atom. The first-order valence-electron chi connectivity index (χ1n) is 19.1. The maximum absolute atomic E-state index is 11.7. The molecular formula is C47H51IrN2O3-. The predicted molar refractivity (Wildman–Crippen MR) is 214 cm³/mol. The van der Waals surface area contributed by atoms with E-state index >= 15 is 0 Å². The molecule has 0 saturated heterocycles. The number of fused-ring (bicyclic) bond motifs is 6. The Kier molecular flexibility index (Phi) is 13.6. The largest absolute Gasteiger partial charge is 0.512 e. The average molecular weight is 884 g/mol. The maximum Gasteiger partial charge on any atom is 0.162 e. The van der Waals surface area contributed by atoms with Crippen LogP contribution in [0.4, 0.5) is 0 Å². The van der Waals surface area contributed by atoms with E-state index in [1.165, 1.54) is 33.7 Å². The molecule has 3 aromatic carbocycles. The normalized spacial score (nSPS) is 12.4. The first kappa shape index (κ1) is 39.8. The fourth-order valence-corrected chi connectivity index (χ4v) is 7.61. The summed E-state index contributed by atoms with van der Waals surface area (Å²) < 4.78 is 6.44. The molecule has 1 radical (unpaired) electrons. The van der Waals surface area contributed by atoms with Crippen LogP contribution in [0.15, 0.2) is 101 Å². The topological polar surface area (TPSA) is 76.2 Å². The van der Waals surface area contributed by atoms with Crippen molar-refractivity contribution in [3.8, 4) is 33.6 Å². The van der Waals surface area contributed by atoms with Gasteiger partial charge in [-0.1, -0.05) is 107 Å². The van der Waals surface area contributed by atoms with Gasteiger partial charge in [-0.25, -0.2) is 0 Å². The van der Waals surface area contributed by atoms with Crippen molar-refractivity contribution in [3.63, 3.8) is 0 Å². The first-order valence-corrected chi connectivity index (χ1v) is 19.1. The van der Waals surface area contributed by atoms with Gasteiger partial charge in [0.1, 0.15) is 11.3 Å². The third-order valence-electron chi connectivity index (χ3n) is 10.5. The number of aliphatic hydroxyl groups is 1. The van der Waals surface area contributed by atoms with Crippen LogP contribution in [0.3, 0.4) is 0 Å². The van der Waals surface area contributed by atoms with Gasteiger partial charge in [-0.15, -0.1) is 23.6 Å². The van der Waals surface area contributed by atoms with Gasteiger partial charge in [0, 0.05) is 73.5 Å². The van der Waals surface area contributed by atoms with Gasteiger partial charge in [0.25, 0.3) is 0 Å². The Morgan fingerprint density at radius 2 is 1.51 bits per heavy atom. The molecule has 6 aromatic rings. The molecule has 0 bridgehead atoms. The molecule has 5 nitrogen and oxygen atoms in total. The number of nitrogens with zero attached hydrogens (tertiary/aromatic N) is 2. The number of benzene rings is 3. The van der Waals surface area contributed by atoms with E-state index in [9.17, 15) is 9.90 Å². The van der Waals surface area contributed by atoms with Gasteiger partial charge in [-0.05, 0) is 73.3 Å². The molecule has 0 amide bonds. The van der Waals surface area contributed by atoms with Gasteiger partial charge in [0.15, 0.2) is 5.78 Å². The molecule has 0 aliphatic heterocycles. The fraction of sp³-hybridized carbons (Fsp3) is 0.340. The number of carbonyl (C=O) groups excluding carboxylic acids is 1. The van der Waals surface area contributed by atoms with E-state index in [2.05, 4.69) is 86.6 Å². The number of aromatic nitrogens is 2. The van der Waals surface area contributed by atoms with Crippen LogP contribution >= 0.6 is 0 Å². The van der Waals surface area contributed by atoms with Crippen LogP contribution in [-0.4, -0.2) is 20.9 Å². The van der Waals surface area contributed by atoms with E-state index in [1.807, 2.05) is 46.2 Å². The van der Waals surface area contributed by atoms with E-state index in [0.717, 1.165) is 89.6 Å². The molecule has 0 atom stereocenters. The number of furan rings is 1. The van der Waals surface area contributed by atoms with Crippen molar-refractivity contribution in [2.75, 3.05) is 0 Å². The smallest absolute Gasteiger partial charge is 0.162 e. The molecule has 1 aliphatic rings. The summed E-state index contributed by atoms with van der Waals surface area (Å²) in [4.78, 5) is 21.5. The third-order valence-corrected chi connectivity index (χ3v) is 10.5. The molecule has 0 fully saturated rings. The summed E-state index contributed by atoms with van der Waals surface area (Å²) in [7, 11) is 0. The summed E-state index contributed by atoms with van der Waals surface area (Å²) >= 11 is 0. The Bertz CT molecular complexity index is 2190. The molecule has 3 heterocycles. The average Bonchev–Trinajstić information content (AvgIpc) is 3.55. The quantitative estimate of drug-likeness (QED) is 0.0797. The monoisotopic (exact) mass is 884 g/mol. The Balaban J connectivity index is 0.000000290. The molecular weight excluding hydrogens is 833 g/mol. The van der Waals surface area contributed by atoms with Gasteiger partial charge < -0.3 is 9.52 Å². The zero-order valence-corrected chi connectivity index (χ0v) is 34.2. The summed E-state index contributed by atoms with van der Waals surface area (Å²) in [5.41, 5.74) is 10.00. The van der Waals surface area contributed by atoms with Crippen LogP contribution < -0.4 is 0 Å². The van der Waals surface area contributed by atoms with Gasteiger partial charge in [0.2, 0.25) is 0 Å². The minimum Gasteiger partial charge on any atom is -0.512 e. The minimum absolute atomic E-state index is 0. The van der Waals surface area contributed by atoms with E-state index in [4.69, 9.17) is 14.4 Å². The Hall–Kier alpha value is -4.38. The van der Waals surface area contributed by atoms with Crippen LogP contribution in [0.2, 0.25) is 0 Å². The number of aliphatic hydroxyl groups excluding tert-OH is 1. The molecule has 7 rings (SSSR count). The number of carbonyl (C=O) groups is 1. The predicted octanol–water partition coefficient (Wildman–Crippen LogP) is 12.3. The molecule has 0 unspecified atom stereocenters. The number of hydrogen-bond acceptors (Lipinski definition) is 5. The van der Waals surface area contributed by atoms with E-state index < -0.39 is 0 Å². The Morgan fingerprint density at radius 3 is 2.21 bits per heavy atom. The molecule has 0 saturated carbocycles. The third kappa shape index (κ3) is 8.56. The van der Waals surface area contributed by atoms with Crippen LogP contribution in [0, 0.1) is 23.8 Å². The molecule has 0 spiro atoms. The molecule has 1 N–H and O–H groups in total. The van der Waals surface area contributed by atoms with Crippen molar-refractivity contribution < 1.29 is 34.4 Å². The maximum atomic E-state index is 11.7. The van der Waals surface area contributed by atoms with Gasteiger partial charge in [-0.3, -0.25) is 14.8 Å². The van der Waals surface area contributed by atoms with Crippen molar-refractivity contribution in [2.45, 2.75) is 86.5 Å². The van der Waals surface area contributed by atoms with Gasteiger partial charge in [0.05, 0.1) is 11.5 Å². The second kappa shape index (κ2) is 18.1. The fourth-order valence-electron chi connectivity index (χ4n) is 7.61. The van der Waals surface area contributed by atoms with Crippen LogP contribution in [0.25, 0.3) is 55.4 Å². The van der Waals surface area contributed by atoms with Crippen molar-refractivity contribution in [1.82, 2.24) is 9.97 Å². The summed E-state index contributed by atoms with van der Waals surface area (Å²) in [6.45, 7) is 12.6. The van der Waals surface area contributed by atoms with Crippen molar-refractivity contribution in [3.05, 3.63) is 120 Å². The second-order valence-electron chi connectivity index (χ2n) is 14.3. The minimum atomic E-state index is 0. The van der Waals surface area contributed by atoms with Crippen LogP contribution in [0.5, 0.6) is 0 Å². The Labute approximate surface area is 328 Å². The number of allylic oxidation sites excluding steroid dienone is 2. The van der Waals surface area contributed by atoms with Gasteiger partial charge in [-0.2, -0.15) is 0 Å². The molecule has 1 aliphatic carbocycles. The first-order chi connectivity index (χ1) is 25.3. The summed E-state index contributed by atoms with van der Waals surface area (Å²) in [6, 6.07) is 29.1. The van der Waals surface area contributed by atoms with E-state index in [1.54, 1.807) is 0 Å². The second-order valence-corrected chi connectivity index (χ2v) is 14.3. The number of aryl methyl sites for hydroxylation is 1. The van der Waals surface area contributed by atoms with Crippen molar-refractivity contribution in [1.29, 1.82) is 0 Å². The molecule has 6 heteroatoms. The summed E-state index contributed by atoms with van der Waals surface area (Å²) in [5, 5.41) is 13.1. The standard InChI is InChI=1S/C34H27N2O.C13H24O2.Ir/c1-21(2)18-24-14-16-36-34-27(24)12-13-29-32(34)31-30(37-29)15-17-35-33(31)25-19-23-10-6-7-11-26(23)28(20-25)22-8-4-3-5-9-22;1-5-10(6-2)12(14)9-13(15)11(7-3)8-4;/h3-11,14-17,20-21H,12-13,18H2,1-2H3;9-11,14H,5-8H2,1-4H3;/q-1;;/b;12-9-;. The van der Waals surface area contributed by atoms with Crippen molar-refractivity contribution in [2.24, 2.45) is 17.8 Å². The van der Waals surface area contributed by atoms with Crippen LogP contribution in [-0.2, 0) is 44.2 Å². The number of hydrogen-bond donors (Lipinski definition) is 1. The zero-order valence-electron chi connectivity index (χ0n) is 31.8. The van der Waals surface area contributed by atoms with Crippen LogP contribution in [0.1, 0.15) is 84.1 Å². The van der Waals surface area contributed by atoms with Gasteiger partial charge >= 0.3 is 0 Å². The van der Waals surface area contributed by atoms with E-state index in [0.29, 0.717) is 5.92 Å². The number of rotatable bonds is 11. The van der Waals surface area contributed by atoms with Crippen molar-refractivity contribution >= 4 is 27.5 Å². The molecule has 53 heavy (non-hydrogen) atoms. The number of pyridine rings is 2. The molecule has 3 aromatic heterocycles. The van der Waals surface area contributed by atoms with E-state index in [-0.39, 0.29) is 43.5 Å². The summed E-state index contributed by atoms with van der Waals surface area (Å²) in [6.07, 6.45) is 11.6. The zero-order chi connectivity index (χ0) is 36.8. The SMILES string of the molecule is CC(C)Cc1ccnc2c1CCc1oc3ccnc(-c4[c-]c5ccccc5c(-c5ccccc5)c4)c3c1-2.CCC(CC)C(=O)/C=C(\O)C(CC)CC.[Ir]. The molecule has 277 valence electrons. The summed E-state index contributed by atoms with van der Waals surface area (Å²) in [5.74, 6) is 2.15. The number of ketones is 1.